The molecule has 0 aliphatic rings. The van der Waals surface area contributed by atoms with Crippen molar-refractivity contribution in [2.24, 2.45) is 11.5 Å². The minimum atomic E-state index is -5.08. The molecule has 0 aliphatic carbocycles. The Morgan fingerprint density at radius 3 is 1.26 bits per heavy atom. The van der Waals surface area contributed by atoms with Crippen LogP contribution in [0.4, 0.5) is 26.3 Å². The molecule has 0 spiro atoms. The van der Waals surface area contributed by atoms with Gasteiger partial charge in [-0.1, -0.05) is 60.7 Å². The molecule has 14 nitrogen and oxygen atoms in total. The molecule has 72 heavy (non-hydrogen) atoms. The predicted molar refractivity (Wildman–Crippen MR) is 271 cm³/mol. The quantitative estimate of drug-likeness (QED) is 0.0479. The Kier molecular flexibility index (Phi) is 20.6. The third-order valence-corrected chi connectivity index (χ3v) is 14.2. The number of fused-ring (bicyclic) bond motifs is 2. The van der Waals surface area contributed by atoms with E-state index in [4.69, 9.17) is 31.3 Å². The Morgan fingerprint density at radius 2 is 0.944 bits per heavy atom. The van der Waals surface area contributed by atoms with Gasteiger partial charge >= 0.3 is 24.3 Å². The van der Waals surface area contributed by atoms with Crippen LogP contribution in [0.3, 0.4) is 0 Å². The smallest absolute Gasteiger partial charge is 0.475 e. The average Bonchev–Trinajstić information content (AvgIpc) is 4.19. The zero-order chi connectivity index (χ0) is 52.6. The lowest BCUT2D eigenvalue weighted by Gasteiger charge is -2.18. The van der Waals surface area contributed by atoms with E-state index in [1.807, 2.05) is 109 Å². The molecule has 10 N–H and O–H groups in total. The number of amides is 2. The fraction of sp³-hybridized carbons (Fsp3) is 0.208. The third kappa shape index (κ3) is 15.8. The maximum atomic E-state index is 13.0. The topological polar surface area (TPSA) is 242 Å². The Balaban J connectivity index is 0.000000212. The number of aromatic amines is 2. The fourth-order valence-electron chi connectivity index (χ4n) is 6.76. The number of halogens is 8. The first kappa shape index (κ1) is 56.5. The predicted octanol–water partition coefficient (Wildman–Crippen LogP) is 11.8. The molecule has 6 heterocycles. The number of rotatable bonds is 14. The van der Waals surface area contributed by atoms with Crippen LogP contribution in [0, 0.1) is 0 Å². The van der Waals surface area contributed by atoms with Crippen molar-refractivity contribution in [2.45, 2.75) is 50.1 Å². The highest BCUT2D eigenvalue weighted by Crippen LogP contribution is 2.41. The average molecular weight is 1170 g/mol. The van der Waals surface area contributed by atoms with E-state index in [0.717, 1.165) is 88.7 Å². The van der Waals surface area contributed by atoms with Crippen molar-refractivity contribution in [2.75, 3.05) is 13.1 Å². The second-order valence-electron chi connectivity index (χ2n) is 15.1. The van der Waals surface area contributed by atoms with Crippen LogP contribution < -0.4 is 22.1 Å². The van der Waals surface area contributed by atoms with Crippen LogP contribution in [0.5, 0.6) is 0 Å². The van der Waals surface area contributed by atoms with Crippen molar-refractivity contribution in [3.8, 4) is 20.9 Å². The molecular formula is C48H44Br2F6N8O6S2. The van der Waals surface area contributed by atoms with Gasteiger partial charge in [0.05, 0.1) is 31.6 Å². The lowest BCUT2D eigenvalue weighted by molar-refractivity contribution is -0.193. The Hall–Kier alpha value is -6.44. The van der Waals surface area contributed by atoms with Crippen molar-refractivity contribution in [3.63, 3.8) is 0 Å². The van der Waals surface area contributed by atoms with Crippen LogP contribution in [-0.2, 0) is 9.59 Å². The first-order valence-corrected chi connectivity index (χ1v) is 24.6. The highest BCUT2D eigenvalue weighted by atomic mass is 79.9. The van der Waals surface area contributed by atoms with Crippen LogP contribution in [-0.4, -0.2) is 79.3 Å². The number of hydrogen-bond donors (Lipinski definition) is 8. The summed E-state index contributed by atoms with van der Waals surface area (Å²) in [7, 11) is 0. The number of alkyl halides is 6. The number of hydrogen-bond acceptors (Lipinski definition) is 10. The van der Waals surface area contributed by atoms with Crippen LogP contribution in [0.1, 0.15) is 68.2 Å². The number of carboxylic acids is 2. The monoisotopic (exact) mass is 1160 g/mol. The van der Waals surface area contributed by atoms with E-state index in [1.165, 1.54) is 22.7 Å². The summed E-state index contributed by atoms with van der Waals surface area (Å²) in [6.07, 6.45) is 0.441. The summed E-state index contributed by atoms with van der Waals surface area (Å²) >= 11 is 10.2. The first-order chi connectivity index (χ1) is 34.2. The number of nitrogens with zero attached hydrogens (tertiary/aromatic N) is 2. The summed E-state index contributed by atoms with van der Waals surface area (Å²) in [5.74, 6) is -5.67. The molecule has 0 saturated heterocycles. The molecule has 0 fully saturated rings. The number of carbonyl (C=O) groups excluding carboxylic acids is 2. The van der Waals surface area contributed by atoms with Crippen LogP contribution in [0.2, 0.25) is 0 Å². The summed E-state index contributed by atoms with van der Waals surface area (Å²) in [4.78, 5) is 62.2. The molecule has 6 aromatic heterocycles. The van der Waals surface area contributed by atoms with Gasteiger partial charge in [0.15, 0.2) is 0 Å². The van der Waals surface area contributed by atoms with Crippen LogP contribution in [0.15, 0.2) is 131 Å². The van der Waals surface area contributed by atoms with Crippen molar-refractivity contribution in [1.29, 1.82) is 0 Å². The second-order valence-corrected chi connectivity index (χ2v) is 18.9. The molecule has 0 bridgehead atoms. The van der Waals surface area contributed by atoms with E-state index in [2.05, 4.69) is 62.4 Å². The van der Waals surface area contributed by atoms with Crippen molar-refractivity contribution in [3.05, 3.63) is 152 Å². The van der Waals surface area contributed by atoms with Crippen LogP contribution >= 0.6 is 54.5 Å². The number of H-pyrrole nitrogens is 2. The molecule has 8 aromatic rings. The second kappa shape index (κ2) is 26.3. The molecule has 2 atom stereocenters. The van der Waals surface area contributed by atoms with Crippen LogP contribution in [0.25, 0.3) is 42.9 Å². The molecule has 8 rings (SSSR count). The summed E-state index contributed by atoms with van der Waals surface area (Å²) in [6.45, 7) is 1.20. The summed E-state index contributed by atoms with van der Waals surface area (Å²) < 4.78 is 65.3. The van der Waals surface area contributed by atoms with Gasteiger partial charge in [0, 0.05) is 55.6 Å². The first-order valence-electron chi connectivity index (χ1n) is 21.4. The number of carbonyl (C=O) groups is 4. The third-order valence-electron chi connectivity index (χ3n) is 10.1. The maximum Gasteiger partial charge on any atom is 0.490 e. The number of aromatic nitrogens is 4. The molecule has 2 aromatic carbocycles. The van der Waals surface area contributed by atoms with E-state index in [9.17, 15) is 35.9 Å². The zero-order valence-corrected chi connectivity index (χ0v) is 42.2. The Morgan fingerprint density at radius 1 is 0.597 bits per heavy atom. The standard InChI is InChI=1S/2C22H21BrN4OS.2C2HF3O2/c2*23-17-13-19(29-20(17)15-8-11-25-21-16(15)9-12-26-21)22(28)27-18(7-4-10-24)14-5-2-1-3-6-14;2*3-2(4,5)1(6)7/h2*1-3,5-6,8-9,11-13,18H,4,7,10,24H2,(H,25,26)(H,27,28);2*(H,6,7). The largest absolute Gasteiger partial charge is 0.490 e. The van der Waals surface area contributed by atoms with Gasteiger partial charge in [-0.05, 0) is 118 Å². The molecule has 2 unspecified atom stereocenters. The SMILES string of the molecule is NCCCC(NC(=O)c1cc(Br)c(-c2ccnc3[nH]ccc23)s1)c1ccccc1.NCCCC(NC(=O)c1cc(Br)c(-c2ccnc3[nH]ccc23)s1)c1ccccc1.O=C(O)C(F)(F)F.O=C(O)C(F)(F)F. The van der Waals surface area contributed by atoms with Gasteiger partial charge in [-0.3, -0.25) is 9.59 Å². The van der Waals surface area contributed by atoms with Gasteiger partial charge < -0.3 is 42.3 Å². The van der Waals surface area contributed by atoms with Gasteiger partial charge in [0.25, 0.3) is 11.8 Å². The van der Waals surface area contributed by atoms with E-state index < -0.39 is 24.3 Å². The lowest BCUT2D eigenvalue weighted by atomic mass is 10.0. The van der Waals surface area contributed by atoms with E-state index >= 15 is 0 Å². The van der Waals surface area contributed by atoms with E-state index in [-0.39, 0.29) is 23.9 Å². The minimum Gasteiger partial charge on any atom is -0.475 e. The number of carboxylic acid groups (broad SMARTS) is 2. The van der Waals surface area contributed by atoms with E-state index in [1.54, 1.807) is 12.4 Å². The number of benzene rings is 2. The molecule has 0 aliphatic heterocycles. The summed E-state index contributed by atoms with van der Waals surface area (Å²) in [5.41, 5.74) is 17.3. The number of nitrogens with one attached hydrogen (secondary N) is 4. The van der Waals surface area contributed by atoms with Gasteiger partial charge in [0.2, 0.25) is 0 Å². The van der Waals surface area contributed by atoms with Gasteiger partial charge in [-0.25, -0.2) is 19.6 Å². The van der Waals surface area contributed by atoms with Crippen molar-refractivity contribution < 1.29 is 55.7 Å². The molecule has 24 heteroatoms. The summed E-state index contributed by atoms with van der Waals surface area (Å²) in [6, 6.07) is 31.7. The molecule has 380 valence electrons. The number of nitrogens with two attached hydrogens (primary N) is 2. The molecule has 2 amide bonds. The van der Waals surface area contributed by atoms with Gasteiger partial charge in [-0.15, -0.1) is 22.7 Å². The lowest BCUT2D eigenvalue weighted by Crippen LogP contribution is -2.28. The zero-order valence-electron chi connectivity index (χ0n) is 37.4. The van der Waals surface area contributed by atoms with Gasteiger partial charge in [0.1, 0.15) is 11.3 Å². The number of pyridine rings is 2. The summed E-state index contributed by atoms with van der Waals surface area (Å²) in [5, 5.41) is 22.7. The number of thiophene rings is 2. The Bertz CT molecular complexity index is 2850. The highest BCUT2D eigenvalue weighted by Gasteiger charge is 2.39. The van der Waals surface area contributed by atoms with Crippen molar-refractivity contribution in [1.82, 2.24) is 30.6 Å². The highest BCUT2D eigenvalue weighted by molar-refractivity contribution is 9.11. The normalized spacial score (nSPS) is 12.0. The fourth-order valence-corrected chi connectivity index (χ4v) is 10.4. The van der Waals surface area contributed by atoms with Gasteiger partial charge in [-0.2, -0.15) is 26.3 Å². The van der Waals surface area contributed by atoms with Crippen molar-refractivity contribution >= 4 is 100 Å². The minimum absolute atomic E-state index is 0.0612. The number of aliphatic carboxylic acids is 2. The Labute approximate surface area is 431 Å². The molecule has 0 radical (unpaired) electrons. The molecule has 0 saturated carbocycles. The van der Waals surface area contributed by atoms with E-state index in [0.29, 0.717) is 22.8 Å². The molecular weight excluding hydrogens is 1120 g/mol. The maximum absolute atomic E-state index is 13.0.